The van der Waals surface area contributed by atoms with Crippen molar-refractivity contribution in [2.24, 2.45) is 11.7 Å². The summed E-state index contributed by atoms with van der Waals surface area (Å²) < 4.78 is 0. The van der Waals surface area contributed by atoms with E-state index in [9.17, 15) is 4.79 Å². The second-order valence-electron chi connectivity index (χ2n) is 3.88. The molecule has 0 bridgehead atoms. The van der Waals surface area contributed by atoms with Crippen LogP contribution in [0.5, 0.6) is 0 Å². The zero-order valence-electron chi connectivity index (χ0n) is 8.48. The van der Waals surface area contributed by atoms with Gasteiger partial charge in [0.05, 0.1) is 5.54 Å². The molecule has 1 unspecified atom stereocenters. The SMILES string of the molecule is CCC(C)CNC(C)(C)C(N)=O. The van der Waals surface area contributed by atoms with Gasteiger partial charge in [-0.1, -0.05) is 20.3 Å². The highest BCUT2D eigenvalue weighted by Crippen LogP contribution is 2.04. The van der Waals surface area contributed by atoms with Crippen LogP contribution in [0.25, 0.3) is 0 Å². The predicted octanol–water partition coefficient (Wildman–Crippen LogP) is 0.886. The number of hydrogen-bond donors (Lipinski definition) is 2. The monoisotopic (exact) mass is 172 g/mol. The van der Waals surface area contributed by atoms with E-state index in [0.29, 0.717) is 5.92 Å². The highest BCUT2D eigenvalue weighted by Gasteiger charge is 2.23. The number of hydrogen-bond acceptors (Lipinski definition) is 2. The molecule has 72 valence electrons. The van der Waals surface area contributed by atoms with Crippen molar-refractivity contribution in [2.45, 2.75) is 39.7 Å². The molecule has 0 fully saturated rings. The van der Waals surface area contributed by atoms with E-state index < -0.39 is 5.54 Å². The topological polar surface area (TPSA) is 55.1 Å². The molecule has 0 aromatic rings. The summed E-state index contributed by atoms with van der Waals surface area (Å²) in [6.07, 6.45) is 1.11. The third-order valence-electron chi connectivity index (χ3n) is 2.21. The average molecular weight is 172 g/mol. The molecule has 0 rings (SSSR count). The van der Waals surface area contributed by atoms with E-state index in [0.717, 1.165) is 13.0 Å². The summed E-state index contributed by atoms with van der Waals surface area (Å²) in [4.78, 5) is 10.9. The molecule has 0 heterocycles. The molecule has 3 N–H and O–H groups in total. The molecule has 3 nitrogen and oxygen atoms in total. The Kier molecular flexibility index (Phi) is 4.24. The van der Waals surface area contributed by atoms with E-state index in [-0.39, 0.29) is 5.91 Å². The lowest BCUT2D eigenvalue weighted by atomic mass is 10.0. The fourth-order valence-electron chi connectivity index (χ4n) is 0.661. The minimum atomic E-state index is -0.580. The molecule has 0 saturated carbocycles. The van der Waals surface area contributed by atoms with Crippen LogP contribution in [0.4, 0.5) is 0 Å². The maximum atomic E-state index is 10.9. The highest BCUT2D eigenvalue weighted by atomic mass is 16.1. The zero-order chi connectivity index (χ0) is 9.78. The molecular formula is C9H20N2O. The second-order valence-corrected chi connectivity index (χ2v) is 3.88. The third kappa shape index (κ3) is 3.72. The standard InChI is InChI=1S/C9H20N2O/c1-5-7(2)6-11-9(3,4)8(10)12/h7,11H,5-6H2,1-4H3,(H2,10,12). The number of primary amides is 1. The summed E-state index contributed by atoms with van der Waals surface area (Å²) in [5, 5.41) is 3.13. The maximum Gasteiger partial charge on any atom is 0.237 e. The Balaban J connectivity index is 3.83. The van der Waals surface area contributed by atoms with Gasteiger partial charge in [0.25, 0.3) is 0 Å². The van der Waals surface area contributed by atoms with Gasteiger partial charge in [0.15, 0.2) is 0 Å². The fraction of sp³-hybridized carbons (Fsp3) is 0.889. The molecule has 1 atom stereocenters. The Morgan fingerprint density at radius 2 is 2.08 bits per heavy atom. The number of carbonyl (C=O) groups excluding carboxylic acids is 1. The minimum Gasteiger partial charge on any atom is -0.368 e. The molecule has 0 aliphatic rings. The summed E-state index contributed by atoms with van der Waals surface area (Å²) in [5.74, 6) is 0.287. The maximum absolute atomic E-state index is 10.9. The van der Waals surface area contributed by atoms with Crippen LogP contribution in [0.3, 0.4) is 0 Å². The molecule has 1 amide bonds. The minimum absolute atomic E-state index is 0.300. The van der Waals surface area contributed by atoms with E-state index in [1.54, 1.807) is 13.8 Å². The molecular weight excluding hydrogens is 152 g/mol. The van der Waals surface area contributed by atoms with Crippen molar-refractivity contribution in [1.82, 2.24) is 5.32 Å². The Bertz CT molecular complexity index is 155. The normalized spacial score (nSPS) is 14.3. The van der Waals surface area contributed by atoms with Crippen LogP contribution in [0.2, 0.25) is 0 Å². The van der Waals surface area contributed by atoms with Gasteiger partial charge in [0, 0.05) is 0 Å². The van der Waals surface area contributed by atoms with E-state index in [2.05, 4.69) is 19.2 Å². The molecule has 3 heteroatoms. The van der Waals surface area contributed by atoms with Crippen LogP contribution in [0.1, 0.15) is 34.1 Å². The van der Waals surface area contributed by atoms with Gasteiger partial charge < -0.3 is 11.1 Å². The summed E-state index contributed by atoms with van der Waals surface area (Å²) in [7, 11) is 0. The smallest absolute Gasteiger partial charge is 0.237 e. The number of carbonyl (C=O) groups is 1. The average Bonchev–Trinajstić information content (AvgIpc) is 2.00. The fourth-order valence-corrected chi connectivity index (χ4v) is 0.661. The Hall–Kier alpha value is -0.570. The van der Waals surface area contributed by atoms with E-state index in [1.807, 2.05) is 0 Å². The van der Waals surface area contributed by atoms with Crippen molar-refractivity contribution in [3.8, 4) is 0 Å². The zero-order valence-corrected chi connectivity index (χ0v) is 8.48. The van der Waals surface area contributed by atoms with Crippen molar-refractivity contribution in [2.75, 3.05) is 6.54 Å². The van der Waals surface area contributed by atoms with Crippen LogP contribution in [-0.4, -0.2) is 18.0 Å². The first-order valence-electron chi connectivity index (χ1n) is 4.45. The number of nitrogens with two attached hydrogens (primary N) is 1. The van der Waals surface area contributed by atoms with Crippen molar-refractivity contribution in [3.63, 3.8) is 0 Å². The van der Waals surface area contributed by atoms with Gasteiger partial charge in [-0.2, -0.15) is 0 Å². The molecule has 0 saturated heterocycles. The molecule has 0 aromatic carbocycles. The quantitative estimate of drug-likeness (QED) is 0.647. The van der Waals surface area contributed by atoms with Gasteiger partial charge in [-0.3, -0.25) is 4.79 Å². The predicted molar refractivity (Wildman–Crippen MR) is 50.7 cm³/mol. The van der Waals surface area contributed by atoms with Gasteiger partial charge in [0.1, 0.15) is 0 Å². The first kappa shape index (κ1) is 11.4. The summed E-state index contributed by atoms with van der Waals surface area (Å²) >= 11 is 0. The van der Waals surface area contributed by atoms with Gasteiger partial charge in [-0.25, -0.2) is 0 Å². The molecule has 0 spiro atoms. The molecule has 12 heavy (non-hydrogen) atoms. The lowest BCUT2D eigenvalue weighted by Gasteiger charge is -2.24. The van der Waals surface area contributed by atoms with Crippen molar-refractivity contribution >= 4 is 5.91 Å². The Labute approximate surface area is 74.7 Å². The van der Waals surface area contributed by atoms with E-state index >= 15 is 0 Å². The van der Waals surface area contributed by atoms with E-state index in [4.69, 9.17) is 5.73 Å². The van der Waals surface area contributed by atoms with Crippen LogP contribution < -0.4 is 11.1 Å². The van der Waals surface area contributed by atoms with Crippen molar-refractivity contribution in [1.29, 1.82) is 0 Å². The summed E-state index contributed by atoms with van der Waals surface area (Å²) in [6.45, 7) is 8.72. The summed E-state index contributed by atoms with van der Waals surface area (Å²) in [6, 6.07) is 0. The Morgan fingerprint density at radius 1 is 1.58 bits per heavy atom. The second kappa shape index (κ2) is 4.45. The van der Waals surface area contributed by atoms with Gasteiger partial charge in [-0.05, 0) is 26.3 Å². The molecule has 0 aromatic heterocycles. The van der Waals surface area contributed by atoms with E-state index in [1.165, 1.54) is 0 Å². The van der Waals surface area contributed by atoms with Crippen LogP contribution in [-0.2, 0) is 4.79 Å². The third-order valence-corrected chi connectivity index (χ3v) is 2.21. The number of rotatable bonds is 5. The number of amides is 1. The largest absolute Gasteiger partial charge is 0.368 e. The first-order chi connectivity index (χ1) is 5.40. The Morgan fingerprint density at radius 3 is 2.42 bits per heavy atom. The van der Waals surface area contributed by atoms with Gasteiger partial charge in [0.2, 0.25) is 5.91 Å². The van der Waals surface area contributed by atoms with Crippen LogP contribution >= 0.6 is 0 Å². The van der Waals surface area contributed by atoms with Crippen molar-refractivity contribution < 1.29 is 4.79 Å². The number of nitrogens with one attached hydrogen (secondary N) is 1. The highest BCUT2D eigenvalue weighted by molar-refractivity contribution is 5.83. The molecule has 0 radical (unpaired) electrons. The lowest BCUT2D eigenvalue weighted by molar-refractivity contribution is -0.123. The molecule has 0 aliphatic heterocycles. The van der Waals surface area contributed by atoms with Gasteiger partial charge in [-0.15, -0.1) is 0 Å². The van der Waals surface area contributed by atoms with Crippen molar-refractivity contribution in [3.05, 3.63) is 0 Å². The van der Waals surface area contributed by atoms with Crippen LogP contribution in [0, 0.1) is 5.92 Å². The lowest BCUT2D eigenvalue weighted by Crippen LogP contribution is -2.51. The molecule has 0 aliphatic carbocycles. The van der Waals surface area contributed by atoms with Gasteiger partial charge >= 0.3 is 0 Å². The summed E-state index contributed by atoms with van der Waals surface area (Å²) in [5.41, 5.74) is 4.62. The van der Waals surface area contributed by atoms with Crippen LogP contribution in [0.15, 0.2) is 0 Å². The first-order valence-corrected chi connectivity index (χ1v) is 4.45.